The van der Waals surface area contributed by atoms with Gasteiger partial charge in [0, 0.05) is 6.54 Å². The Balaban J connectivity index is 2.44. The van der Waals surface area contributed by atoms with E-state index in [1.165, 1.54) is 11.1 Å². The molecular formula is C15H24N2O. The predicted octanol–water partition coefficient (Wildman–Crippen LogP) is 1.94. The lowest BCUT2D eigenvalue weighted by Gasteiger charge is -2.44. The minimum absolute atomic E-state index is 0.00486. The van der Waals surface area contributed by atoms with Crippen LogP contribution >= 0.6 is 0 Å². The fourth-order valence-electron chi connectivity index (χ4n) is 2.89. The molecule has 0 bridgehead atoms. The molecule has 100 valence electrons. The first kappa shape index (κ1) is 13.5. The molecule has 1 aromatic rings. The Morgan fingerprint density at radius 2 is 2.11 bits per heavy atom. The van der Waals surface area contributed by atoms with E-state index in [0.29, 0.717) is 0 Å². The maximum atomic E-state index is 6.38. The third kappa shape index (κ3) is 2.44. The first-order chi connectivity index (χ1) is 8.56. The summed E-state index contributed by atoms with van der Waals surface area (Å²) < 4.78 is 6.29. The van der Waals surface area contributed by atoms with Gasteiger partial charge in [-0.05, 0) is 44.9 Å². The zero-order valence-electron chi connectivity index (χ0n) is 11.6. The third-order valence-corrected chi connectivity index (χ3v) is 3.68. The van der Waals surface area contributed by atoms with E-state index in [9.17, 15) is 0 Å². The minimum atomic E-state index is -0.342. The molecule has 18 heavy (non-hydrogen) atoms. The summed E-state index contributed by atoms with van der Waals surface area (Å²) in [4.78, 5) is 0. The molecule has 3 heteroatoms. The van der Waals surface area contributed by atoms with Crippen molar-refractivity contribution in [2.75, 3.05) is 13.1 Å². The number of hydrogen-bond donors (Lipinski definition) is 2. The molecule has 2 unspecified atom stereocenters. The van der Waals surface area contributed by atoms with Crippen LogP contribution in [0.1, 0.15) is 31.4 Å². The van der Waals surface area contributed by atoms with E-state index in [-0.39, 0.29) is 17.7 Å². The fraction of sp³-hybridized carbons (Fsp3) is 0.600. The van der Waals surface area contributed by atoms with Gasteiger partial charge in [0.05, 0.1) is 12.1 Å². The van der Waals surface area contributed by atoms with Gasteiger partial charge < -0.3 is 15.8 Å². The molecule has 0 spiro atoms. The fourth-order valence-corrected chi connectivity index (χ4v) is 2.89. The van der Waals surface area contributed by atoms with Crippen molar-refractivity contribution in [1.82, 2.24) is 5.32 Å². The van der Waals surface area contributed by atoms with Crippen molar-refractivity contribution in [3.8, 4) is 0 Å². The van der Waals surface area contributed by atoms with Crippen LogP contribution in [0.4, 0.5) is 0 Å². The van der Waals surface area contributed by atoms with Crippen LogP contribution in [0.25, 0.3) is 0 Å². The van der Waals surface area contributed by atoms with Gasteiger partial charge in [-0.1, -0.05) is 24.3 Å². The Bertz CT molecular complexity index is 405. The molecular weight excluding hydrogens is 224 g/mol. The maximum Gasteiger partial charge on any atom is 0.111 e. The predicted molar refractivity (Wildman–Crippen MR) is 74.5 cm³/mol. The van der Waals surface area contributed by atoms with Crippen molar-refractivity contribution in [3.05, 3.63) is 35.4 Å². The summed E-state index contributed by atoms with van der Waals surface area (Å²) in [6.45, 7) is 8.05. The lowest BCUT2D eigenvalue weighted by molar-refractivity contribution is -0.114. The van der Waals surface area contributed by atoms with Crippen LogP contribution in [-0.2, 0) is 10.3 Å². The second-order valence-corrected chi connectivity index (χ2v) is 5.43. The summed E-state index contributed by atoms with van der Waals surface area (Å²) in [5, 5.41) is 3.35. The van der Waals surface area contributed by atoms with E-state index in [1.54, 1.807) is 0 Å². The molecule has 1 heterocycles. The second kappa shape index (κ2) is 5.39. The summed E-state index contributed by atoms with van der Waals surface area (Å²) in [5.41, 5.74) is 8.54. The molecule has 2 rings (SSSR count). The van der Waals surface area contributed by atoms with E-state index >= 15 is 0 Å². The van der Waals surface area contributed by atoms with Gasteiger partial charge in [-0.3, -0.25) is 0 Å². The van der Waals surface area contributed by atoms with Crippen molar-refractivity contribution in [2.24, 2.45) is 5.73 Å². The average molecular weight is 248 g/mol. The van der Waals surface area contributed by atoms with Gasteiger partial charge >= 0.3 is 0 Å². The van der Waals surface area contributed by atoms with E-state index in [0.717, 1.165) is 19.5 Å². The van der Waals surface area contributed by atoms with E-state index < -0.39 is 0 Å². The normalized spacial score (nSPS) is 28.6. The molecule has 2 atom stereocenters. The van der Waals surface area contributed by atoms with Gasteiger partial charge in [0.1, 0.15) is 5.60 Å². The molecule has 0 aromatic heterocycles. The summed E-state index contributed by atoms with van der Waals surface area (Å²) in [6, 6.07) is 8.42. The topological polar surface area (TPSA) is 47.3 Å². The van der Waals surface area contributed by atoms with Crippen LogP contribution in [0.15, 0.2) is 24.3 Å². The van der Waals surface area contributed by atoms with Gasteiger partial charge in [0.25, 0.3) is 0 Å². The Morgan fingerprint density at radius 3 is 2.72 bits per heavy atom. The smallest absolute Gasteiger partial charge is 0.111 e. The molecule has 0 radical (unpaired) electrons. The van der Waals surface area contributed by atoms with Gasteiger partial charge in [0.2, 0.25) is 0 Å². The number of benzene rings is 1. The molecule has 1 saturated heterocycles. The molecule has 0 aliphatic carbocycles. The first-order valence-electron chi connectivity index (χ1n) is 6.76. The van der Waals surface area contributed by atoms with Gasteiger partial charge in [-0.25, -0.2) is 0 Å². The molecule has 1 fully saturated rings. The van der Waals surface area contributed by atoms with Gasteiger partial charge in [0.15, 0.2) is 0 Å². The van der Waals surface area contributed by atoms with Gasteiger partial charge in [-0.15, -0.1) is 0 Å². The van der Waals surface area contributed by atoms with Crippen LogP contribution in [0.5, 0.6) is 0 Å². The van der Waals surface area contributed by atoms with Crippen LogP contribution in [0.3, 0.4) is 0 Å². The Morgan fingerprint density at radius 1 is 1.39 bits per heavy atom. The number of ether oxygens (including phenoxy) is 1. The quantitative estimate of drug-likeness (QED) is 0.859. The monoisotopic (exact) mass is 248 g/mol. The third-order valence-electron chi connectivity index (χ3n) is 3.68. The Kier molecular flexibility index (Phi) is 4.05. The van der Waals surface area contributed by atoms with E-state index in [1.807, 2.05) is 0 Å². The number of nitrogens with one attached hydrogen (secondary N) is 1. The zero-order valence-corrected chi connectivity index (χ0v) is 11.6. The van der Waals surface area contributed by atoms with Crippen LogP contribution in [-0.4, -0.2) is 25.2 Å². The minimum Gasteiger partial charge on any atom is -0.366 e. The number of hydrogen-bond acceptors (Lipinski definition) is 3. The van der Waals surface area contributed by atoms with Crippen LogP contribution in [0, 0.1) is 6.92 Å². The number of aryl methyl sites for hydroxylation is 1. The maximum absolute atomic E-state index is 6.38. The average Bonchev–Trinajstić information content (AvgIpc) is 2.32. The largest absolute Gasteiger partial charge is 0.366 e. The number of piperidine rings is 1. The second-order valence-electron chi connectivity index (χ2n) is 5.43. The number of nitrogens with two attached hydrogens (primary N) is 1. The Labute approximate surface area is 110 Å². The molecule has 0 saturated carbocycles. The highest BCUT2D eigenvalue weighted by atomic mass is 16.5. The molecule has 1 aliphatic heterocycles. The standard InChI is InChI=1S/C15H24N2O/c1-11(2)18-15(8-9-17-10-14(15)16)13-7-5-4-6-12(13)3/h4-7,11,14,17H,8-10,16H2,1-3H3. The highest BCUT2D eigenvalue weighted by molar-refractivity contribution is 5.34. The van der Waals surface area contributed by atoms with E-state index in [2.05, 4.69) is 50.4 Å². The van der Waals surface area contributed by atoms with Crippen molar-refractivity contribution < 1.29 is 4.74 Å². The van der Waals surface area contributed by atoms with E-state index in [4.69, 9.17) is 10.5 Å². The highest BCUT2D eigenvalue weighted by Crippen LogP contribution is 2.37. The lowest BCUT2D eigenvalue weighted by atomic mass is 9.79. The molecule has 0 amide bonds. The first-order valence-corrected chi connectivity index (χ1v) is 6.76. The summed E-state index contributed by atoms with van der Waals surface area (Å²) >= 11 is 0. The molecule has 1 aromatic carbocycles. The summed E-state index contributed by atoms with van der Waals surface area (Å²) in [7, 11) is 0. The zero-order chi connectivity index (χ0) is 13.2. The van der Waals surface area contributed by atoms with Crippen molar-refractivity contribution in [3.63, 3.8) is 0 Å². The SMILES string of the molecule is Cc1ccccc1C1(OC(C)C)CCNCC1N. The number of rotatable bonds is 3. The Hall–Kier alpha value is -0.900. The van der Waals surface area contributed by atoms with Crippen molar-refractivity contribution in [2.45, 2.75) is 44.9 Å². The summed E-state index contributed by atoms with van der Waals surface area (Å²) in [6.07, 6.45) is 1.10. The van der Waals surface area contributed by atoms with Gasteiger partial charge in [-0.2, -0.15) is 0 Å². The lowest BCUT2D eigenvalue weighted by Crippen LogP contribution is -2.58. The van der Waals surface area contributed by atoms with Crippen LogP contribution < -0.4 is 11.1 Å². The van der Waals surface area contributed by atoms with Crippen LogP contribution in [0.2, 0.25) is 0 Å². The molecule has 3 N–H and O–H groups in total. The van der Waals surface area contributed by atoms with Crippen molar-refractivity contribution in [1.29, 1.82) is 0 Å². The highest BCUT2D eigenvalue weighted by Gasteiger charge is 2.42. The van der Waals surface area contributed by atoms with Crippen molar-refractivity contribution >= 4 is 0 Å². The molecule has 3 nitrogen and oxygen atoms in total. The molecule has 1 aliphatic rings. The summed E-state index contributed by atoms with van der Waals surface area (Å²) in [5.74, 6) is 0.